The summed E-state index contributed by atoms with van der Waals surface area (Å²) in [5, 5.41) is 6.77. The molecule has 132 valence electrons. The summed E-state index contributed by atoms with van der Waals surface area (Å²) < 4.78 is 13.8. The minimum atomic E-state index is -0.458. The lowest BCUT2D eigenvalue weighted by molar-refractivity contribution is -0.137. The lowest BCUT2D eigenvalue weighted by Crippen LogP contribution is -2.49. The quantitative estimate of drug-likeness (QED) is 0.823. The van der Waals surface area contributed by atoms with Gasteiger partial charge in [-0.3, -0.25) is 14.3 Å². The maximum Gasteiger partial charge on any atom is 0.242 e. The molecule has 1 spiro atoms. The van der Waals surface area contributed by atoms with Crippen molar-refractivity contribution in [2.75, 3.05) is 32.8 Å². The van der Waals surface area contributed by atoms with Gasteiger partial charge < -0.3 is 19.7 Å². The second kappa shape index (κ2) is 7.31. The Kier molecular flexibility index (Phi) is 5.15. The molecule has 8 heteroatoms. The predicted molar refractivity (Wildman–Crippen MR) is 85.1 cm³/mol. The number of ether oxygens (including phenoxy) is 2. The lowest BCUT2D eigenvalue weighted by Gasteiger charge is -2.32. The van der Waals surface area contributed by atoms with Gasteiger partial charge in [0.05, 0.1) is 39.0 Å². The van der Waals surface area contributed by atoms with Gasteiger partial charge in [0.1, 0.15) is 5.60 Å². The average molecular weight is 336 g/mol. The molecular formula is C16H24N4O4. The third-order valence-corrected chi connectivity index (χ3v) is 4.48. The van der Waals surface area contributed by atoms with E-state index in [-0.39, 0.29) is 24.5 Å². The fraction of sp³-hybridized carbons (Fsp3) is 0.688. The maximum atomic E-state index is 12.3. The van der Waals surface area contributed by atoms with Crippen molar-refractivity contribution >= 4 is 11.8 Å². The van der Waals surface area contributed by atoms with E-state index in [2.05, 4.69) is 10.4 Å². The molecule has 0 aliphatic carbocycles. The van der Waals surface area contributed by atoms with Gasteiger partial charge in [-0.15, -0.1) is 0 Å². The highest BCUT2D eigenvalue weighted by Crippen LogP contribution is 2.33. The molecule has 3 heterocycles. The molecule has 1 aromatic rings. The number of nitrogens with one attached hydrogen (secondary N) is 1. The van der Waals surface area contributed by atoms with Crippen LogP contribution in [0.2, 0.25) is 0 Å². The molecule has 2 aliphatic rings. The van der Waals surface area contributed by atoms with Crippen LogP contribution in [0.4, 0.5) is 0 Å². The van der Waals surface area contributed by atoms with Crippen LogP contribution in [0.5, 0.6) is 0 Å². The van der Waals surface area contributed by atoms with Crippen molar-refractivity contribution in [1.29, 1.82) is 0 Å². The summed E-state index contributed by atoms with van der Waals surface area (Å²) >= 11 is 0. The van der Waals surface area contributed by atoms with Gasteiger partial charge in [-0.25, -0.2) is 0 Å². The summed E-state index contributed by atoms with van der Waals surface area (Å²) in [5.41, 5.74) is -0.458. The second-order valence-corrected chi connectivity index (χ2v) is 6.47. The minimum absolute atomic E-state index is 0.0160. The number of nitrogens with zero attached hydrogens (tertiary/aromatic N) is 3. The zero-order chi connectivity index (χ0) is 17.0. The minimum Gasteiger partial charge on any atom is -0.377 e. The third kappa shape index (κ3) is 4.12. The highest BCUT2D eigenvalue weighted by molar-refractivity contribution is 5.83. The summed E-state index contributed by atoms with van der Waals surface area (Å²) in [6, 6.07) is 1.89. The molecule has 0 unspecified atom stereocenters. The number of carbonyl (C=O) groups excluding carboxylic acids is 2. The van der Waals surface area contributed by atoms with E-state index in [4.69, 9.17) is 9.47 Å². The first-order valence-corrected chi connectivity index (χ1v) is 8.32. The van der Waals surface area contributed by atoms with E-state index < -0.39 is 5.60 Å². The van der Waals surface area contributed by atoms with E-state index >= 15 is 0 Å². The zero-order valence-corrected chi connectivity index (χ0v) is 13.9. The molecule has 24 heavy (non-hydrogen) atoms. The summed E-state index contributed by atoms with van der Waals surface area (Å²) in [5.74, 6) is -0.310. The normalized spacial score (nSPS) is 27.2. The number of amides is 2. The molecule has 2 aliphatic heterocycles. The first kappa shape index (κ1) is 16.9. The van der Waals surface area contributed by atoms with E-state index in [1.165, 1.54) is 6.92 Å². The van der Waals surface area contributed by atoms with Crippen LogP contribution in [-0.2, 0) is 25.6 Å². The van der Waals surface area contributed by atoms with Crippen molar-refractivity contribution in [3.8, 4) is 0 Å². The maximum absolute atomic E-state index is 12.3. The molecule has 0 aromatic carbocycles. The molecule has 2 fully saturated rings. The molecule has 1 aromatic heterocycles. The van der Waals surface area contributed by atoms with Crippen LogP contribution in [-0.4, -0.2) is 71.0 Å². The van der Waals surface area contributed by atoms with Gasteiger partial charge in [-0.2, -0.15) is 5.10 Å². The van der Waals surface area contributed by atoms with Crippen molar-refractivity contribution in [1.82, 2.24) is 20.0 Å². The molecule has 8 nitrogen and oxygen atoms in total. The van der Waals surface area contributed by atoms with Crippen molar-refractivity contribution in [2.45, 2.75) is 38.0 Å². The van der Waals surface area contributed by atoms with E-state index in [1.807, 2.05) is 16.9 Å². The summed E-state index contributed by atoms with van der Waals surface area (Å²) in [6.07, 6.45) is 5.50. The second-order valence-electron chi connectivity index (χ2n) is 6.47. The van der Waals surface area contributed by atoms with Gasteiger partial charge in [-0.05, 0) is 18.9 Å². The smallest absolute Gasteiger partial charge is 0.242 e. The molecule has 2 saturated heterocycles. The Hall–Kier alpha value is -1.93. The van der Waals surface area contributed by atoms with Crippen LogP contribution in [0, 0.1) is 0 Å². The Balaban J connectivity index is 1.60. The van der Waals surface area contributed by atoms with Crippen LogP contribution in [0.25, 0.3) is 0 Å². The number of rotatable bonds is 4. The van der Waals surface area contributed by atoms with Crippen LogP contribution in [0.3, 0.4) is 0 Å². The Morgan fingerprint density at radius 3 is 3.08 bits per heavy atom. The number of carbonyl (C=O) groups is 2. The third-order valence-electron chi connectivity index (χ3n) is 4.48. The fourth-order valence-electron chi connectivity index (χ4n) is 3.29. The van der Waals surface area contributed by atoms with E-state index in [9.17, 15) is 9.59 Å². The molecule has 2 amide bonds. The van der Waals surface area contributed by atoms with Crippen molar-refractivity contribution in [2.24, 2.45) is 0 Å². The molecule has 1 N–H and O–H groups in total. The van der Waals surface area contributed by atoms with Crippen LogP contribution in [0.15, 0.2) is 18.5 Å². The monoisotopic (exact) mass is 336 g/mol. The van der Waals surface area contributed by atoms with Gasteiger partial charge in [0, 0.05) is 25.9 Å². The zero-order valence-electron chi connectivity index (χ0n) is 13.9. The molecule has 3 rings (SSSR count). The van der Waals surface area contributed by atoms with Gasteiger partial charge in [0.15, 0.2) is 0 Å². The van der Waals surface area contributed by atoms with Crippen LogP contribution >= 0.6 is 0 Å². The topological polar surface area (TPSA) is 85.7 Å². The Morgan fingerprint density at radius 1 is 1.46 bits per heavy atom. The highest BCUT2D eigenvalue weighted by atomic mass is 16.6. The fourth-order valence-corrected chi connectivity index (χ4v) is 3.29. The average Bonchev–Trinajstić information content (AvgIpc) is 3.13. The SMILES string of the molecule is CC(=O)NCC(=O)N1CCOC[C@@]2(CC[C@@H](Cn3cccn3)O2)C1. The molecule has 2 atom stereocenters. The predicted octanol–water partition coefficient (Wildman–Crippen LogP) is -0.204. The van der Waals surface area contributed by atoms with Crippen LogP contribution < -0.4 is 5.32 Å². The number of aromatic nitrogens is 2. The van der Waals surface area contributed by atoms with Gasteiger partial charge in [-0.1, -0.05) is 0 Å². The molecular weight excluding hydrogens is 312 g/mol. The van der Waals surface area contributed by atoms with Crippen molar-refractivity contribution < 1.29 is 19.1 Å². The first-order chi connectivity index (χ1) is 11.6. The van der Waals surface area contributed by atoms with Gasteiger partial charge in [0.2, 0.25) is 11.8 Å². The van der Waals surface area contributed by atoms with Crippen LogP contribution in [0.1, 0.15) is 19.8 Å². The van der Waals surface area contributed by atoms with Crippen molar-refractivity contribution in [3.05, 3.63) is 18.5 Å². The Bertz CT molecular complexity index is 577. The molecule has 0 radical (unpaired) electrons. The molecule has 0 bridgehead atoms. The summed E-state index contributed by atoms with van der Waals surface area (Å²) in [4.78, 5) is 25.1. The van der Waals surface area contributed by atoms with E-state index in [1.54, 1.807) is 11.1 Å². The Morgan fingerprint density at radius 2 is 2.33 bits per heavy atom. The highest BCUT2D eigenvalue weighted by Gasteiger charge is 2.44. The van der Waals surface area contributed by atoms with Crippen molar-refractivity contribution in [3.63, 3.8) is 0 Å². The molecule has 0 saturated carbocycles. The number of hydrogen-bond acceptors (Lipinski definition) is 5. The lowest BCUT2D eigenvalue weighted by atomic mass is 10.00. The first-order valence-electron chi connectivity index (χ1n) is 8.32. The summed E-state index contributed by atoms with van der Waals surface area (Å²) in [7, 11) is 0. The summed E-state index contributed by atoms with van der Waals surface area (Å²) in [6.45, 7) is 4.12. The van der Waals surface area contributed by atoms with E-state index in [0.29, 0.717) is 32.8 Å². The van der Waals surface area contributed by atoms with Gasteiger partial charge >= 0.3 is 0 Å². The van der Waals surface area contributed by atoms with Gasteiger partial charge in [0.25, 0.3) is 0 Å². The van der Waals surface area contributed by atoms with E-state index in [0.717, 1.165) is 12.8 Å². The Labute approximate surface area is 141 Å². The largest absolute Gasteiger partial charge is 0.377 e. The number of hydrogen-bond donors (Lipinski definition) is 1. The standard InChI is InChI=1S/C16H24N4O4/c1-13(21)17-9-15(22)19-7-8-23-12-16(11-19)4-3-14(24-16)10-20-6-2-5-18-20/h2,5-6,14H,3-4,7-12H2,1H3,(H,17,21)/t14-,16+/m0/s1.